The van der Waals surface area contributed by atoms with E-state index in [1.807, 2.05) is 0 Å². The fourth-order valence-corrected chi connectivity index (χ4v) is 1.35. The number of carbonyl (C=O) groups excluding carboxylic acids is 3. The van der Waals surface area contributed by atoms with Crippen LogP contribution in [0.3, 0.4) is 0 Å². The third-order valence-electron chi connectivity index (χ3n) is 1.99. The van der Waals surface area contributed by atoms with E-state index in [-0.39, 0.29) is 18.2 Å². The number of allylic oxidation sites excluding steroid dienone is 1. The van der Waals surface area contributed by atoms with Gasteiger partial charge in [-0.05, 0) is 13.8 Å². The van der Waals surface area contributed by atoms with E-state index >= 15 is 0 Å². The smallest absolute Gasteiger partial charge is 0.332 e. The summed E-state index contributed by atoms with van der Waals surface area (Å²) < 4.78 is 4.70. The van der Waals surface area contributed by atoms with Gasteiger partial charge in [0.2, 0.25) is 11.8 Å². The van der Waals surface area contributed by atoms with Crippen LogP contribution in [0.1, 0.15) is 20.3 Å². The standard InChI is InChI=1S/C10H14N2O4/c1-3-16-9(14)4-6(2)11-7-5-8(13)12-10(7)15/h4,7,11H,3,5H2,1-2H3,(H,12,13,15)/b6-4+/t7-/m1/s1. The first-order valence-corrected chi connectivity index (χ1v) is 4.98. The first-order valence-electron chi connectivity index (χ1n) is 4.98. The maximum atomic E-state index is 11.2. The second-order valence-electron chi connectivity index (χ2n) is 3.39. The highest BCUT2D eigenvalue weighted by Gasteiger charge is 2.30. The van der Waals surface area contributed by atoms with E-state index < -0.39 is 12.0 Å². The van der Waals surface area contributed by atoms with Crippen molar-refractivity contribution in [3.8, 4) is 0 Å². The summed E-state index contributed by atoms with van der Waals surface area (Å²) in [5.74, 6) is -1.16. The second-order valence-corrected chi connectivity index (χ2v) is 3.39. The number of ether oxygens (including phenoxy) is 1. The largest absolute Gasteiger partial charge is 0.463 e. The van der Waals surface area contributed by atoms with Crippen molar-refractivity contribution in [3.63, 3.8) is 0 Å². The Balaban J connectivity index is 2.51. The Morgan fingerprint density at radius 2 is 2.31 bits per heavy atom. The zero-order valence-corrected chi connectivity index (χ0v) is 9.20. The van der Waals surface area contributed by atoms with E-state index in [0.29, 0.717) is 12.3 Å². The molecule has 1 aliphatic heterocycles. The number of esters is 1. The topological polar surface area (TPSA) is 84.5 Å². The Bertz CT molecular complexity index is 349. The third-order valence-corrected chi connectivity index (χ3v) is 1.99. The van der Waals surface area contributed by atoms with Crippen LogP contribution in [0.25, 0.3) is 0 Å². The monoisotopic (exact) mass is 226 g/mol. The first-order chi connectivity index (χ1) is 7.52. The van der Waals surface area contributed by atoms with E-state index in [9.17, 15) is 14.4 Å². The molecule has 0 aliphatic carbocycles. The van der Waals surface area contributed by atoms with Crippen LogP contribution in [0, 0.1) is 0 Å². The molecule has 1 fully saturated rings. The molecule has 1 aliphatic rings. The van der Waals surface area contributed by atoms with Crippen LogP contribution in [-0.4, -0.2) is 30.4 Å². The molecule has 2 amide bonds. The molecule has 0 unspecified atom stereocenters. The van der Waals surface area contributed by atoms with Gasteiger partial charge >= 0.3 is 5.97 Å². The van der Waals surface area contributed by atoms with Crippen LogP contribution in [0.2, 0.25) is 0 Å². The fraction of sp³-hybridized carbons (Fsp3) is 0.500. The summed E-state index contributed by atoms with van der Waals surface area (Å²) in [6.45, 7) is 3.63. The van der Waals surface area contributed by atoms with Crippen LogP contribution < -0.4 is 10.6 Å². The molecule has 0 saturated carbocycles. The van der Waals surface area contributed by atoms with E-state index in [0.717, 1.165) is 0 Å². The van der Waals surface area contributed by atoms with Crippen LogP contribution in [-0.2, 0) is 19.1 Å². The average molecular weight is 226 g/mol. The maximum Gasteiger partial charge on any atom is 0.332 e. The zero-order valence-electron chi connectivity index (χ0n) is 9.20. The van der Waals surface area contributed by atoms with Crippen LogP contribution in [0.4, 0.5) is 0 Å². The van der Waals surface area contributed by atoms with Gasteiger partial charge in [0.25, 0.3) is 0 Å². The number of hydrogen-bond donors (Lipinski definition) is 2. The third kappa shape index (κ3) is 3.38. The lowest BCUT2D eigenvalue weighted by Crippen LogP contribution is -2.35. The van der Waals surface area contributed by atoms with Gasteiger partial charge in [-0.1, -0.05) is 0 Å². The van der Waals surface area contributed by atoms with Crippen LogP contribution in [0.5, 0.6) is 0 Å². The number of rotatable bonds is 4. The van der Waals surface area contributed by atoms with Gasteiger partial charge in [0.1, 0.15) is 6.04 Å². The molecule has 6 nitrogen and oxygen atoms in total. The number of carbonyl (C=O) groups is 3. The Kier molecular flexibility index (Phi) is 4.04. The summed E-state index contributed by atoms with van der Waals surface area (Å²) in [4.78, 5) is 33.1. The summed E-state index contributed by atoms with van der Waals surface area (Å²) in [5, 5.41) is 4.94. The molecule has 1 atom stereocenters. The number of imide groups is 1. The van der Waals surface area contributed by atoms with Gasteiger partial charge in [-0.25, -0.2) is 4.79 Å². The molecule has 1 heterocycles. The molecular formula is C10H14N2O4. The average Bonchev–Trinajstić information content (AvgIpc) is 2.44. The van der Waals surface area contributed by atoms with Crippen molar-refractivity contribution < 1.29 is 19.1 Å². The lowest BCUT2D eigenvalue weighted by atomic mass is 10.2. The summed E-state index contributed by atoms with van der Waals surface area (Å²) in [6.07, 6.45) is 1.34. The second kappa shape index (κ2) is 5.29. The molecule has 2 N–H and O–H groups in total. The minimum Gasteiger partial charge on any atom is -0.463 e. The predicted octanol–water partition coefficient (Wildman–Crippen LogP) is -0.542. The minimum atomic E-state index is -0.599. The molecule has 0 bridgehead atoms. The van der Waals surface area contributed by atoms with Gasteiger partial charge in [-0.2, -0.15) is 0 Å². The highest BCUT2D eigenvalue weighted by Crippen LogP contribution is 2.03. The lowest BCUT2D eigenvalue weighted by molar-refractivity contribution is -0.137. The Labute approximate surface area is 93.0 Å². The van der Waals surface area contributed by atoms with Gasteiger partial charge in [0.05, 0.1) is 13.0 Å². The van der Waals surface area contributed by atoms with Gasteiger partial charge in [0.15, 0.2) is 0 Å². The normalized spacial score (nSPS) is 20.6. The van der Waals surface area contributed by atoms with E-state index in [4.69, 9.17) is 4.74 Å². The van der Waals surface area contributed by atoms with Crippen molar-refractivity contribution in [2.75, 3.05) is 6.61 Å². The molecule has 0 radical (unpaired) electrons. The highest BCUT2D eigenvalue weighted by atomic mass is 16.5. The molecule has 1 rings (SSSR count). The SMILES string of the molecule is CCOC(=O)/C=C(\C)N[C@@H]1CC(=O)NC1=O. The van der Waals surface area contributed by atoms with Gasteiger partial charge in [0, 0.05) is 11.8 Å². The van der Waals surface area contributed by atoms with Crippen molar-refractivity contribution in [1.82, 2.24) is 10.6 Å². The Morgan fingerprint density at radius 1 is 1.62 bits per heavy atom. The summed E-state index contributed by atoms with van der Waals surface area (Å²) in [5.41, 5.74) is 0.494. The zero-order chi connectivity index (χ0) is 12.1. The minimum absolute atomic E-state index is 0.0901. The molecular weight excluding hydrogens is 212 g/mol. The van der Waals surface area contributed by atoms with Gasteiger partial charge in [-0.3, -0.25) is 14.9 Å². The molecule has 0 aromatic carbocycles. The van der Waals surface area contributed by atoms with E-state index in [1.165, 1.54) is 6.08 Å². The molecule has 0 spiro atoms. The molecule has 0 aromatic rings. The number of hydrogen-bond acceptors (Lipinski definition) is 5. The Hall–Kier alpha value is -1.85. The van der Waals surface area contributed by atoms with Crippen molar-refractivity contribution in [2.45, 2.75) is 26.3 Å². The van der Waals surface area contributed by atoms with Crippen molar-refractivity contribution in [1.29, 1.82) is 0 Å². The fourth-order valence-electron chi connectivity index (χ4n) is 1.35. The van der Waals surface area contributed by atoms with E-state index in [2.05, 4.69) is 10.6 Å². The molecule has 0 aromatic heterocycles. The first kappa shape index (κ1) is 12.2. The molecule has 1 saturated heterocycles. The highest BCUT2D eigenvalue weighted by molar-refractivity contribution is 6.05. The van der Waals surface area contributed by atoms with Gasteiger partial charge < -0.3 is 10.1 Å². The molecule has 88 valence electrons. The van der Waals surface area contributed by atoms with Crippen molar-refractivity contribution >= 4 is 17.8 Å². The predicted molar refractivity (Wildman–Crippen MR) is 55.1 cm³/mol. The van der Waals surface area contributed by atoms with Crippen molar-refractivity contribution in [2.24, 2.45) is 0 Å². The number of amides is 2. The molecule has 16 heavy (non-hydrogen) atoms. The van der Waals surface area contributed by atoms with Crippen LogP contribution >= 0.6 is 0 Å². The summed E-state index contributed by atoms with van der Waals surface area (Å²) in [7, 11) is 0. The Morgan fingerprint density at radius 3 is 2.81 bits per heavy atom. The molecule has 6 heteroatoms. The van der Waals surface area contributed by atoms with Gasteiger partial charge in [-0.15, -0.1) is 0 Å². The van der Waals surface area contributed by atoms with E-state index in [1.54, 1.807) is 13.8 Å². The summed E-state index contributed by atoms with van der Waals surface area (Å²) >= 11 is 0. The van der Waals surface area contributed by atoms with Crippen LogP contribution in [0.15, 0.2) is 11.8 Å². The quantitative estimate of drug-likeness (QED) is 0.382. The van der Waals surface area contributed by atoms with Crippen molar-refractivity contribution in [3.05, 3.63) is 11.8 Å². The maximum absolute atomic E-state index is 11.2. The summed E-state index contributed by atoms with van der Waals surface area (Å²) in [6, 6.07) is -0.599. The number of nitrogens with one attached hydrogen (secondary N) is 2. The lowest BCUT2D eigenvalue weighted by Gasteiger charge is -2.10.